The topological polar surface area (TPSA) is 79.8 Å². The third-order valence-electron chi connectivity index (χ3n) is 3.96. The van der Waals surface area contributed by atoms with Gasteiger partial charge in [-0.3, -0.25) is 5.10 Å². The molecule has 1 aliphatic heterocycles. The molecule has 0 aliphatic carbocycles. The number of nitrogens with zero attached hydrogens (tertiary/aromatic N) is 5. The lowest BCUT2D eigenvalue weighted by atomic mass is 10.2. The van der Waals surface area contributed by atoms with E-state index in [1.807, 2.05) is 37.3 Å². The van der Waals surface area contributed by atoms with Gasteiger partial charge in [0.25, 0.3) is 0 Å². The van der Waals surface area contributed by atoms with E-state index in [1.54, 1.807) is 0 Å². The zero-order chi connectivity index (χ0) is 16.4. The maximum atomic E-state index is 5.83. The number of rotatable bonds is 4. The third-order valence-corrected chi connectivity index (χ3v) is 4.73. The van der Waals surface area contributed by atoms with Crippen molar-refractivity contribution in [2.45, 2.75) is 19.4 Å². The van der Waals surface area contributed by atoms with Crippen LogP contribution in [0.5, 0.6) is 0 Å². The van der Waals surface area contributed by atoms with Gasteiger partial charge in [-0.15, -0.1) is 0 Å². The van der Waals surface area contributed by atoms with Crippen molar-refractivity contribution in [3.8, 4) is 11.4 Å². The summed E-state index contributed by atoms with van der Waals surface area (Å²) in [6.07, 6.45) is 0.694. The number of hydrogen-bond donors (Lipinski definition) is 1. The summed E-state index contributed by atoms with van der Waals surface area (Å²) >= 11 is 1.42. The van der Waals surface area contributed by atoms with E-state index in [-0.39, 0.29) is 6.10 Å². The molecule has 1 aromatic carbocycles. The molecule has 3 aromatic rings. The van der Waals surface area contributed by atoms with Crippen LogP contribution in [-0.2, 0) is 11.2 Å². The zero-order valence-electron chi connectivity index (χ0n) is 13.3. The Kier molecular flexibility index (Phi) is 4.22. The van der Waals surface area contributed by atoms with Gasteiger partial charge >= 0.3 is 0 Å². The number of benzene rings is 1. The molecule has 0 bridgehead atoms. The van der Waals surface area contributed by atoms with Crippen LogP contribution in [-0.4, -0.2) is 44.2 Å². The van der Waals surface area contributed by atoms with E-state index < -0.39 is 0 Å². The van der Waals surface area contributed by atoms with Gasteiger partial charge in [0.1, 0.15) is 11.9 Å². The lowest BCUT2D eigenvalue weighted by Gasteiger charge is -2.30. The maximum Gasteiger partial charge on any atom is 0.205 e. The quantitative estimate of drug-likeness (QED) is 0.784. The normalized spacial score (nSPS) is 18.0. The highest BCUT2D eigenvalue weighted by Crippen LogP contribution is 2.28. The molecule has 1 aliphatic rings. The summed E-state index contributed by atoms with van der Waals surface area (Å²) in [5, 5.41) is 8.13. The van der Waals surface area contributed by atoms with Crippen molar-refractivity contribution in [3.63, 3.8) is 0 Å². The van der Waals surface area contributed by atoms with Crippen molar-refractivity contribution >= 4 is 16.7 Å². The first-order valence-corrected chi connectivity index (χ1v) is 8.77. The predicted octanol–water partition coefficient (Wildman–Crippen LogP) is 2.46. The van der Waals surface area contributed by atoms with Crippen molar-refractivity contribution in [2.24, 2.45) is 0 Å². The molecule has 3 heterocycles. The first-order chi connectivity index (χ1) is 11.8. The smallest absolute Gasteiger partial charge is 0.205 e. The third kappa shape index (κ3) is 3.02. The molecule has 8 heteroatoms. The fraction of sp³-hybridized carbons (Fsp3) is 0.375. The van der Waals surface area contributed by atoms with Gasteiger partial charge in [0.05, 0.1) is 13.2 Å². The van der Waals surface area contributed by atoms with Crippen LogP contribution in [0.4, 0.5) is 5.13 Å². The van der Waals surface area contributed by atoms with E-state index in [1.165, 1.54) is 11.5 Å². The number of aromatic amines is 1. The Labute approximate surface area is 143 Å². The molecule has 24 heavy (non-hydrogen) atoms. The average Bonchev–Trinajstić information content (AvgIpc) is 3.32. The molecule has 0 amide bonds. The van der Waals surface area contributed by atoms with E-state index >= 15 is 0 Å². The second-order valence-electron chi connectivity index (χ2n) is 5.57. The molecular weight excluding hydrogens is 324 g/mol. The number of anilines is 1. The number of hydrogen-bond acceptors (Lipinski definition) is 7. The van der Waals surface area contributed by atoms with Gasteiger partial charge < -0.3 is 9.64 Å². The molecule has 4 rings (SSSR count). The summed E-state index contributed by atoms with van der Waals surface area (Å²) in [4.78, 5) is 11.4. The number of aryl methyl sites for hydroxylation is 1. The Hall–Kier alpha value is -2.32. The molecule has 1 N–H and O–H groups in total. The largest absolute Gasteiger partial charge is 0.366 e. The minimum absolute atomic E-state index is 0.139. The highest BCUT2D eigenvalue weighted by molar-refractivity contribution is 7.09. The minimum atomic E-state index is -0.139. The van der Waals surface area contributed by atoms with Crippen LogP contribution in [0.3, 0.4) is 0 Å². The van der Waals surface area contributed by atoms with Crippen molar-refractivity contribution in [1.29, 1.82) is 0 Å². The van der Waals surface area contributed by atoms with Crippen molar-refractivity contribution in [3.05, 3.63) is 42.0 Å². The van der Waals surface area contributed by atoms with Gasteiger partial charge in [0.2, 0.25) is 5.13 Å². The number of morpholine rings is 1. The maximum absolute atomic E-state index is 5.83. The van der Waals surface area contributed by atoms with Gasteiger partial charge in [-0.2, -0.15) is 14.5 Å². The molecular formula is C16H18N6OS. The summed E-state index contributed by atoms with van der Waals surface area (Å²) in [6, 6.07) is 10.0. The van der Waals surface area contributed by atoms with E-state index in [4.69, 9.17) is 4.74 Å². The van der Waals surface area contributed by atoms with Crippen LogP contribution in [0, 0.1) is 0 Å². The second-order valence-corrected chi connectivity index (χ2v) is 6.30. The van der Waals surface area contributed by atoms with Gasteiger partial charge in [-0.05, 0) is 0 Å². The summed E-state index contributed by atoms with van der Waals surface area (Å²) in [7, 11) is 0. The van der Waals surface area contributed by atoms with Crippen LogP contribution in [0.25, 0.3) is 11.4 Å². The fourth-order valence-electron chi connectivity index (χ4n) is 2.64. The lowest BCUT2D eigenvalue weighted by Crippen LogP contribution is -2.38. The highest BCUT2D eigenvalue weighted by atomic mass is 32.1. The van der Waals surface area contributed by atoms with Crippen LogP contribution in [0.1, 0.15) is 24.7 Å². The average molecular weight is 342 g/mol. The Bertz CT molecular complexity index is 802. The number of aromatic nitrogens is 5. The fourth-order valence-corrected chi connectivity index (χ4v) is 3.36. The van der Waals surface area contributed by atoms with Crippen LogP contribution in [0.15, 0.2) is 30.3 Å². The van der Waals surface area contributed by atoms with Crippen LogP contribution < -0.4 is 4.90 Å². The Morgan fingerprint density at radius 3 is 2.96 bits per heavy atom. The van der Waals surface area contributed by atoms with Crippen LogP contribution in [0.2, 0.25) is 0 Å². The molecule has 1 fully saturated rings. The SMILES string of the molecule is CCc1nc(C2CN(c3nc(-c4ccccc4)ns3)CCO2)n[nH]1. The zero-order valence-corrected chi connectivity index (χ0v) is 14.2. The monoisotopic (exact) mass is 342 g/mol. The lowest BCUT2D eigenvalue weighted by molar-refractivity contribution is 0.0342. The second kappa shape index (κ2) is 6.66. The van der Waals surface area contributed by atoms with Gasteiger partial charge in [-0.1, -0.05) is 37.3 Å². The van der Waals surface area contributed by atoms with Crippen molar-refractivity contribution < 1.29 is 4.74 Å². The van der Waals surface area contributed by atoms with Gasteiger partial charge in [0.15, 0.2) is 11.6 Å². The molecule has 1 atom stereocenters. The molecule has 124 valence electrons. The summed E-state index contributed by atoms with van der Waals surface area (Å²) in [6.45, 7) is 4.15. The first kappa shape index (κ1) is 15.2. The van der Waals surface area contributed by atoms with E-state index in [2.05, 4.69) is 29.4 Å². The molecule has 2 aromatic heterocycles. The Morgan fingerprint density at radius 2 is 2.17 bits per heavy atom. The molecule has 7 nitrogen and oxygen atoms in total. The standard InChI is InChI=1S/C16H18N6OS/c1-2-13-17-15(20-19-13)12-10-22(8-9-23-12)16-18-14(21-24-16)11-6-4-3-5-7-11/h3-7,12H,2,8-10H2,1H3,(H,17,19,20). The van der Waals surface area contributed by atoms with E-state index in [0.29, 0.717) is 19.0 Å². The summed E-state index contributed by atoms with van der Waals surface area (Å²) in [5.74, 6) is 2.36. The number of H-pyrrole nitrogens is 1. The molecule has 0 radical (unpaired) electrons. The molecule has 0 saturated carbocycles. The van der Waals surface area contributed by atoms with Crippen LogP contribution >= 0.6 is 11.5 Å². The first-order valence-electron chi connectivity index (χ1n) is 8.00. The minimum Gasteiger partial charge on any atom is -0.366 e. The predicted molar refractivity (Wildman–Crippen MR) is 92.0 cm³/mol. The molecule has 1 unspecified atom stereocenters. The summed E-state index contributed by atoms with van der Waals surface area (Å²) in [5.41, 5.74) is 1.03. The number of ether oxygens (including phenoxy) is 1. The number of nitrogens with one attached hydrogen (secondary N) is 1. The Morgan fingerprint density at radius 1 is 1.29 bits per heavy atom. The van der Waals surface area contributed by atoms with Gasteiger partial charge in [-0.25, -0.2) is 4.98 Å². The molecule has 1 saturated heterocycles. The molecule has 0 spiro atoms. The van der Waals surface area contributed by atoms with Crippen molar-refractivity contribution in [2.75, 3.05) is 24.6 Å². The summed E-state index contributed by atoms with van der Waals surface area (Å²) < 4.78 is 10.3. The van der Waals surface area contributed by atoms with E-state index in [9.17, 15) is 0 Å². The Balaban J connectivity index is 1.51. The van der Waals surface area contributed by atoms with Gasteiger partial charge in [0, 0.05) is 30.1 Å². The highest BCUT2D eigenvalue weighted by Gasteiger charge is 2.27. The van der Waals surface area contributed by atoms with Crippen molar-refractivity contribution in [1.82, 2.24) is 24.5 Å². The van der Waals surface area contributed by atoms with E-state index in [0.717, 1.165) is 35.3 Å².